The van der Waals surface area contributed by atoms with Gasteiger partial charge in [-0.15, -0.1) is 0 Å². The average molecular weight is 286 g/mol. The van der Waals surface area contributed by atoms with Crippen LogP contribution >= 0.6 is 0 Å². The molecule has 2 aromatic heterocycles. The van der Waals surface area contributed by atoms with Crippen molar-refractivity contribution in [3.8, 4) is 11.4 Å². The minimum atomic E-state index is -0.430. The number of benzene rings is 1. The quantitative estimate of drug-likeness (QED) is 0.700. The summed E-state index contributed by atoms with van der Waals surface area (Å²) >= 11 is 0. The van der Waals surface area contributed by atoms with Crippen LogP contribution in [-0.2, 0) is 20.7 Å². The van der Waals surface area contributed by atoms with E-state index in [1.54, 1.807) is 19.2 Å². The molecule has 21 heavy (non-hydrogen) atoms. The van der Waals surface area contributed by atoms with Gasteiger partial charge in [-0.3, -0.25) is 13.9 Å². The molecule has 0 fully saturated rings. The molecule has 0 aliphatic rings. The first kappa shape index (κ1) is 13.3. The smallest absolute Gasteiger partial charge is 0.332 e. The van der Waals surface area contributed by atoms with E-state index in [0.29, 0.717) is 22.6 Å². The van der Waals surface area contributed by atoms with Crippen LogP contribution in [0.2, 0.25) is 0 Å². The minimum Gasteiger partial charge on any atom is -0.392 e. The number of hydrogen-bond acceptors (Lipinski definition) is 4. The van der Waals surface area contributed by atoms with Crippen LogP contribution in [0.1, 0.15) is 5.56 Å². The summed E-state index contributed by atoms with van der Waals surface area (Å²) in [5.74, 6) is 0.452. The van der Waals surface area contributed by atoms with Gasteiger partial charge in [0.1, 0.15) is 11.3 Å². The van der Waals surface area contributed by atoms with Gasteiger partial charge in [0.05, 0.1) is 6.61 Å². The molecule has 0 radical (unpaired) electrons. The fourth-order valence-corrected chi connectivity index (χ4v) is 2.34. The third-order valence-electron chi connectivity index (χ3n) is 3.54. The number of nitrogens with one attached hydrogen (secondary N) is 1. The number of fused-ring (bicyclic) bond motifs is 1. The Kier molecular flexibility index (Phi) is 2.99. The molecule has 0 saturated carbocycles. The fourth-order valence-electron chi connectivity index (χ4n) is 2.34. The number of aryl methyl sites for hydroxylation is 1. The average Bonchev–Trinajstić information content (AvgIpc) is 2.96. The Morgan fingerprint density at radius 1 is 1.19 bits per heavy atom. The van der Waals surface area contributed by atoms with Gasteiger partial charge in [0, 0.05) is 19.7 Å². The summed E-state index contributed by atoms with van der Waals surface area (Å²) in [6.45, 7) is -0.135. The Morgan fingerprint density at radius 3 is 2.62 bits per heavy atom. The summed E-state index contributed by atoms with van der Waals surface area (Å²) in [5, 5.41) is 9.39. The van der Waals surface area contributed by atoms with Crippen LogP contribution in [-0.4, -0.2) is 24.2 Å². The maximum atomic E-state index is 12.1. The maximum Gasteiger partial charge on any atom is 0.332 e. The number of rotatable bonds is 2. The van der Waals surface area contributed by atoms with Gasteiger partial charge < -0.3 is 10.1 Å². The van der Waals surface area contributed by atoms with E-state index in [9.17, 15) is 14.7 Å². The number of aromatic amines is 1. The van der Waals surface area contributed by atoms with Gasteiger partial charge in [0.15, 0.2) is 5.65 Å². The Balaban J connectivity index is 2.37. The number of imidazole rings is 1. The summed E-state index contributed by atoms with van der Waals surface area (Å²) in [7, 11) is 2.99. The van der Waals surface area contributed by atoms with Gasteiger partial charge in [-0.2, -0.15) is 0 Å². The molecule has 3 aromatic rings. The highest BCUT2D eigenvalue weighted by atomic mass is 16.3. The van der Waals surface area contributed by atoms with Crippen molar-refractivity contribution in [1.29, 1.82) is 0 Å². The van der Waals surface area contributed by atoms with E-state index in [2.05, 4.69) is 9.97 Å². The molecule has 0 amide bonds. The molecule has 0 unspecified atom stereocenters. The molecule has 0 aliphatic heterocycles. The fraction of sp³-hybridized carbons (Fsp3) is 0.214. The van der Waals surface area contributed by atoms with E-state index in [-0.39, 0.29) is 12.1 Å². The maximum absolute atomic E-state index is 12.1. The van der Waals surface area contributed by atoms with Crippen LogP contribution in [0, 0.1) is 0 Å². The lowest BCUT2D eigenvalue weighted by molar-refractivity contribution is 0.282. The first-order valence-corrected chi connectivity index (χ1v) is 6.39. The molecule has 108 valence electrons. The van der Waals surface area contributed by atoms with Crippen molar-refractivity contribution in [3.05, 3.63) is 50.7 Å². The SMILES string of the molecule is Cn1c(=O)c2[nH]c(-c3ccccc3CO)nc2n(C)c1=O. The number of aliphatic hydroxyl groups is 1. The van der Waals surface area contributed by atoms with Crippen LogP contribution in [0.4, 0.5) is 0 Å². The van der Waals surface area contributed by atoms with E-state index < -0.39 is 11.2 Å². The molecule has 2 N–H and O–H groups in total. The van der Waals surface area contributed by atoms with Crippen molar-refractivity contribution in [2.24, 2.45) is 14.1 Å². The van der Waals surface area contributed by atoms with Gasteiger partial charge in [0.25, 0.3) is 5.56 Å². The molecule has 0 saturated heterocycles. The van der Waals surface area contributed by atoms with Gasteiger partial charge in [-0.05, 0) is 5.56 Å². The first-order valence-electron chi connectivity index (χ1n) is 6.39. The lowest BCUT2D eigenvalue weighted by Gasteiger charge is -2.02. The third kappa shape index (κ3) is 1.90. The molecule has 7 heteroatoms. The zero-order valence-corrected chi connectivity index (χ0v) is 11.6. The molecular formula is C14H14N4O3. The number of aromatic nitrogens is 4. The molecule has 1 aromatic carbocycles. The molecule has 7 nitrogen and oxygen atoms in total. The third-order valence-corrected chi connectivity index (χ3v) is 3.54. The summed E-state index contributed by atoms with van der Waals surface area (Å²) in [5.41, 5.74) is 1.10. The summed E-state index contributed by atoms with van der Waals surface area (Å²) in [6, 6.07) is 7.21. The highest BCUT2D eigenvalue weighted by Gasteiger charge is 2.15. The molecule has 0 bridgehead atoms. The predicted octanol–water partition coefficient (Wildman–Crippen LogP) is 0.120. The van der Waals surface area contributed by atoms with Crippen LogP contribution < -0.4 is 11.2 Å². The Hall–Kier alpha value is -2.67. The molecule has 0 aliphatic carbocycles. The Bertz CT molecular complexity index is 949. The summed E-state index contributed by atoms with van der Waals surface area (Å²) in [6.07, 6.45) is 0. The molecule has 0 atom stereocenters. The van der Waals surface area contributed by atoms with Crippen molar-refractivity contribution in [2.45, 2.75) is 6.61 Å². The second kappa shape index (κ2) is 4.71. The van der Waals surface area contributed by atoms with Crippen molar-refractivity contribution < 1.29 is 5.11 Å². The highest BCUT2D eigenvalue weighted by Crippen LogP contribution is 2.22. The van der Waals surface area contributed by atoms with Crippen molar-refractivity contribution >= 4 is 11.2 Å². The van der Waals surface area contributed by atoms with Crippen LogP contribution in [0.5, 0.6) is 0 Å². The predicted molar refractivity (Wildman–Crippen MR) is 77.9 cm³/mol. The Morgan fingerprint density at radius 2 is 1.90 bits per heavy atom. The second-order valence-electron chi connectivity index (χ2n) is 4.81. The lowest BCUT2D eigenvalue weighted by Crippen LogP contribution is -2.36. The van der Waals surface area contributed by atoms with E-state index in [4.69, 9.17) is 0 Å². The zero-order chi connectivity index (χ0) is 15.1. The van der Waals surface area contributed by atoms with E-state index >= 15 is 0 Å². The second-order valence-corrected chi connectivity index (χ2v) is 4.81. The largest absolute Gasteiger partial charge is 0.392 e. The molecular weight excluding hydrogens is 272 g/mol. The van der Waals surface area contributed by atoms with Crippen LogP contribution in [0.25, 0.3) is 22.6 Å². The van der Waals surface area contributed by atoms with E-state index in [1.807, 2.05) is 12.1 Å². The molecule has 3 rings (SSSR count). The van der Waals surface area contributed by atoms with E-state index in [0.717, 1.165) is 4.57 Å². The number of aliphatic hydroxyl groups excluding tert-OH is 1. The van der Waals surface area contributed by atoms with E-state index in [1.165, 1.54) is 11.6 Å². The lowest BCUT2D eigenvalue weighted by atomic mass is 10.1. The number of hydrogen-bond donors (Lipinski definition) is 2. The number of H-pyrrole nitrogens is 1. The molecule has 2 heterocycles. The van der Waals surface area contributed by atoms with Gasteiger partial charge >= 0.3 is 5.69 Å². The van der Waals surface area contributed by atoms with Gasteiger partial charge in [-0.25, -0.2) is 9.78 Å². The summed E-state index contributed by atoms with van der Waals surface area (Å²) in [4.78, 5) is 31.3. The minimum absolute atomic E-state index is 0.135. The van der Waals surface area contributed by atoms with Crippen molar-refractivity contribution in [2.75, 3.05) is 0 Å². The van der Waals surface area contributed by atoms with Crippen LogP contribution in [0.3, 0.4) is 0 Å². The van der Waals surface area contributed by atoms with Gasteiger partial charge in [-0.1, -0.05) is 24.3 Å². The standard InChI is InChI=1S/C14H14N4O3/c1-17-12-10(13(20)18(2)14(17)21)15-11(16-12)9-6-4-3-5-8(9)7-19/h3-6,19H,7H2,1-2H3,(H,15,16). The topological polar surface area (TPSA) is 92.9 Å². The monoisotopic (exact) mass is 286 g/mol. The van der Waals surface area contributed by atoms with Crippen molar-refractivity contribution in [3.63, 3.8) is 0 Å². The first-order chi connectivity index (χ1) is 10.0. The summed E-state index contributed by atoms with van der Waals surface area (Å²) < 4.78 is 2.35. The highest BCUT2D eigenvalue weighted by molar-refractivity contribution is 5.76. The normalized spacial score (nSPS) is 11.2. The number of nitrogens with zero attached hydrogens (tertiary/aromatic N) is 3. The van der Waals surface area contributed by atoms with Gasteiger partial charge in [0.2, 0.25) is 0 Å². The molecule has 0 spiro atoms. The van der Waals surface area contributed by atoms with Crippen molar-refractivity contribution in [1.82, 2.24) is 19.1 Å². The van der Waals surface area contributed by atoms with Crippen LogP contribution in [0.15, 0.2) is 33.9 Å². The zero-order valence-electron chi connectivity index (χ0n) is 11.6. The Labute approximate surface area is 119 Å².